The Labute approximate surface area is 140 Å². The van der Waals surface area contributed by atoms with Crippen LogP contribution in [0.5, 0.6) is 0 Å². The van der Waals surface area contributed by atoms with Gasteiger partial charge in [-0.25, -0.2) is 0 Å². The number of aryl methyl sites for hydroxylation is 1. The van der Waals surface area contributed by atoms with E-state index in [9.17, 15) is 18.0 Å². The van der Waals surface area contributed by atoms with Gasteiger partial charge in [-0.15, -0.1) is 0 Å². The molecule has 2 rings (SSSR count). The summed E-state index contributed by atoms with van der Waals surface area (Å²) in [7, 11) is 0. The molecule has 2 atom stereocenters. The van der Waals surface area contributed by atoms with E-state index in [0.29, 0.717) is 24.9 Å². The maximum atomic E-state index is 13.1. The van der Waals surface area contributed by atoms with Crippen LogP contribution in [0.2, 0.25) is 0 Å². The van der Waals surface area contributed by atoms with E-state index in [0.717, 1.165) is 24.0 Å². The summed E-state index contributed by atoms with van der Waals surface area (Å²) in [5.41, 5.74) is -1.40. The van der Waals surface area contributed by atoms with Gasteiger partial charge < -0.3 is 10.2 Å². The van der Waals surface area contributed by atoms with E-state index in [2.05, 4.69) is 29.2 Å². The van der Waals surface area contributed by atoms with Crippen LogP contribution < -0.4 is 5.32 Å². The molecule has 1 aromatic heterocycles. The molecule has 1 saturated heterocycles. The van der Waals surface area contributed by atoms with E-state index < -0.39 is 23.3 Å². The summed E-state index contributed by atoms with van der Waals surface area (Å²) in [6.07, 6.45) is -2.42. The summed E-state index contributed by atoms with van der Waals surface area (Å²) < 4.78 is 40.2. The van der Waals surface area contributed by atoms with Crippen molar-refractivity contribution in [3.63, 3.8) is 0 Å². The number of nitrogens with zero attached hydrogens (tertiary/aromatic N) is 3. The van der Waals surface area contributed by atoms with Gasteiger partial charge in [-0.2, -0.15) is 18.3 Å². The monoisotopic (exact) mass is 346 g/mol. The van der Waals surface area contributed by atoms with Crippen LogP contribution in [0.1, 0.15) is 43.2 Å². The smallest absolute Gasteiger partial charge is 0.351 e. The molecule has 0 radical (unpaired) electrons. The van der Waals surface area contributed by atoms with Crippen LogP contribution in [0, 0.1) is 11.8 Å². The first-order chi connectivity index (χ1) is 11.2. The van der Waals surface area contributed by atoms with E-state index in [1.807, 2.05) is 0 Å². The van der Waals surface area contributed by atoms with Crippen LogP contribution in [-0.4, -0.2) is 46.8 Å². The zero-order chi connectivity index (χ0) is 17.9. The van der Waals surface area contributed by atoms with E-state index >= 15 is 0 Å². The number of carbonyl (C=O) groups excluding carboxylic acids is 1. The first-order valence-corrected chi connectivity index (χ1v) is 8.35. The third kappa shape index (κ3) is 4.49. The molecule has 1 amide bonds. The molecule has 5 nitrogen and oxygen atoms in total. The van der Waals surface area contributed by atoms with Gasteiger partial charge in [0.2, 0.25) is 0 Å². The van der Waals surface area contributed by atoms with Crippen molar-refractivity contribution in [1.82, 2.24) is 20.0 Å². The number of aromatic nitrogens is 2. The first-order valence-electron chi connectivity index (χ1n) is 8.35. The Bertz CT molecular complexity index is 560. The fourth-order valence-corrected chi connectivity index (χ4v) is 3.49. The van der Waals surface area contributed by atoms with Crippen LogP contribution in [0.25, 0.3) is 0 Å². The lowest BCUT2D eigenvalue weighted by molar-refractivity contribution is -0.144. The molecule has 136 valence electrons. The molecule has 1 aliphatic rings. The summed E-state index contributed by atoms with van der Waals surface area (Å²) in [4.78, 5) is 14.4. The molecular formula is C16H25F3N4O. The van der Waals surface area contributed by atoms with Gasteiger partial charge in [0.15, 0.2) is 5.69 Å². The zero-order valence-corrected chi connectivity index (χ0v) is 14.4. The molecule has 1 aromatic rings. The van der Waals surface area contributed by atoms with Crippen LogP contribution in [0.4, 0.5) is 13.2 Å². The second-order valence-corrected chi connectivity index (χ2v) is 6.68. The van der Waals surface area contributed by atoms with Crippen molar-refractivity contribution in [3.05, 3.63) is 17.5 Å². The summed E-state index contributed by atoms with van der Waals surface area (Å²) >= 11 is 0. The molecule has 0 bridgehead atoms. The standard InChI is InChI=1S/C16H25F3N4O/c1-4-23-14(16(17,18)19)13(8-21-23)15(24)20-5-6-22-9-11(2)7-12(3)10-22/h8,11-12H,4-7,9-10H2,1-3H3,(H,20,24)/t11-,12+. The topological polar surface area (TPSA) is 50.2 Å². The highest BCUT2D eigenvalue weighted by Gasteiger charge is 2.39. The average Bonchev–Trinajstić information content (AvgIpc) is 2.90. The second kappa shape index (κ2) is 7.55. The number of rotatable bonds is 5. The molecule has 8 heteroatoms. The second-order valence-electron chi connectivity index (χ2n) is 6.68. The van der Waals surface area contributed by atoms with E-state index in [-0.39, 0.29) is 6.54 Å². The van der Waals surface area contributed by atoms with Crippen LogP contribution in [0.15, 0.2) is 6.20 Å². The number of likely N-dealkylation sites (tertiary alicyclic amines) is 1. The largest absolute Gasteiger partial charge is 0.433 e. The number of carbonyl (C=O) groups is 1. The first kappa shape index (κ1) is 18.8. The molecule has 1 N–H and O–H groups in total. The van der Waals surface area contributed by atoms with Crippen molar-refractivity contribution in [2.75, 3.05) is 26.2 Å². The molecule has 0 saturated carbocycles. The maximum Gasteiger partial charge on any atom is 0.433 e. The molecule has 0 spiro atoms. The van der Waals surface area contributed by atoms with Gasteiger partial charge in [-0.1, -0.05) is 13.8 Å². The maximum absolute atomic E-state index is 13.1. The quantitative estimate of drug-likeness (QED) is 0.892. The molecular weight excluding hydrogens is 321 g/mol. The van der Waals surface area contributed by atoms with Gasteiger partial charge in [0.05, 0.1) is 11.8 Å². The van der Waals surface area contributed by atoms with E-state index in [1.54, 1.807) is 6.92 Å². The minimum atomic E-state index is -4.60. The minimum absolute atomic E-state index is 0.0612. The number of amides is 1. The number of hydrogen-bond acceptors (Lipinski definition) is 3. The lowest BCUT2D eigenvalue weighted by Crippen LogP contribution is -2.43. The highest BCUT2D eigenvalue weighted by atomic mass is 19.4. The number of nitrogens with one attached hydrogen (secondary N) is 1. The Kier molecular flexibility index (Phi) is 5.90. The molecule has 2 heterocycles. The van der Waals surface area contributed by atoms with Crippen molar-refractivity contribution in [3.8, 4) is 0 Å². The Morgan fingerprint density at radius 1 is 1.33 bits per heavy atom. The lowest BCUT2D eigenvalue weighted by atomic mass is 9.92. The Hall–Kier alpha value is -1.57. The average molecular weight is 346 g/mol. The van der Waals surface area contributed by atoms with Crippen molar-refractivity contribution in [2.45, 2.75) is 39.9 Å². The normalized spacial score (nSPS) is 22.6. The van der Waals surface area contributed by atoms with Crippen molar-refractivity contribution in [2.24, 2.45) is 11.8 Å². The molecule has 24 heavy (non-hydrogen) atoms. The Morgan fingerprint density at radius 3 is 2.50 bits per heavy atom. The van der Waals surface area contributed by atoms with Gasteiger partial charge in [0.25, 0.3) is 5.91 Å². The third-order valence-corrected chi connectivity index (χ3v) is 4.31. The number of alkyl halides is 3. The summed E-state index contributed by atoms with van der Waals surface area (Å²) in [6, 6.07) is 0. The summed E-state index contributed by atoms with van der Waals surface area (Å²) in [6.45, 7) is 8.89. The molecule has 0 aliphatic carbocycles. The summed E-state index contributed by atoms with van der Waals surface area (Å²) in [5.74, 6) is 0.480. The fourth-order valence-electron chi connectivity index (χ4n) is 3.49. The van der Waals surface area contributed by atoms with Crippen LogP contribution in [-0.2, 0) is 12.7 Å². The number of halogens is 3. The highest BCUT2D eigenvalue weighted by molar-refractivity contribution is 5.95. The van der Waals surface area contributed by atoms with Crippen LogP contribution >= 0.6 is 0 Å². The lowest BCUT2D eigenvalue weighted by Gasteiger charge is -2.34. The Morgan fingerprint density at radius 2 is 1.96 bits per heavy atom. The van der Waals surface area contributed by atoms with Crippen molar-refractivity contribution >= 4 is 5.91 Å². The highest BCUT2D eigenvalue weighted by Crippen LogP contribution is 2.32. The predicted octanol–water partition coefficient (Wildman–Crippen LogP) is 2.63. The summed E-state index contributed by atoms with van der Waals surface area (Å²) in [5, 5.41) is 6.26. The van der Waals surface area contributed by atoms with E-state index in [1.165, 1.54) is 6.42 Å². The Balaban J connectivity index is 1.95. The molecule has 1 aliphatic heterocycles. The fraction of sp³-hybridized carbons (Fsp3) is 0.750. The zero-order valence-electron chi connectivity index (χ0n) is 14.4. The number of piperidine rings is 1. The third-order valence-electron chi connectivity index (χ3n) is 4.31. The molecule has 0 aromatic carbocycles. The van der Waals surface area contributed by atoms with Gasteiger partial charge >= 0.3 is 6.18 Å². The van der Waals surface area contributed by atoms with Gasteiger partial charge in [-0.3, -0.25) is 9.48 Å². The predicted molar refractivity (Wildman–Crippen MR) is 84.6 cm³/mol. The molecule has 0 unspecified atom stereocenters. The van der Waals surface area contributed by atoms with E-state index in [4.69, 9.17) is 0 Å². The number of hydrogen-bond donors (Lipinski definition) is 1. The van der Waals surface area contributed by atoms with Gasteiger partial charge in [-0.05, 0) is 25.2 Å². The van der Waals surface area contributed by atoms with Gasteiger partial charge in [0, 0.05) is 32.7 Å². The minimum Gasteiger partial charge on any atom is -0.351 e. The molecule has 1 fully saturated rings. The van der Waals surface area contributed by atoms with Crippen molar-refractivity contribution in [1.29, 1.82) is 0 Å². The SMILES string of the molecule is CCn1ncc(C(=O)NCCN2C[C@H](C)C[C@H](C)C2)c1C(F)(F)F. The van der Waals surface area contributed by atoms with Crippen molar-refractivity contribution < 1.29 is 18.0 Å². The van der Waals surface area contributed by atoms with Crippen LogP contribution in [0.3, 0.4) is 0 Å². The van der Waals surface area contributed by atoms with Gasteiger partial charge in [0.1, 0.15) is 0 Å².